The third-order valence-corrected chi connectivity index (χ3v) is 15.5. The highest BCUT2D eigenvalue weighted by Gasteiger charge is 2.58. The van der Waals surface area contributed by atoms with Gasteiger partial charge in [-0.25, -0.2) is 0 Å². The molecule has 4 aliphatic rings. The van der Waals surface area contributed by atoms with Crippen LogP contribution in [-0.2, 0) is 14.3 Å². The number of amides is 1. The molecule has 0 spiro atoms. The van der Waals surface area contributed by atoms with Crippen LogP contribution in [0.3, 0.4) is 0 Å². The number of nitrogens with zero attached hydrogens (tertiary/aromatic N) is 1. The molecule has 4 N–H and O–H groups in total. The molecule has 1 amide bonds. The van der Waals surface area contributed by atoms with Crippen LogP contribution in [0, 0.1) is 46.3 Å². The first-order valence-corrected chi connectivity index (χ1v) is 23.1. The fraction of sp³-hybridized carbons (Fsp3) is 0.917. The molecule has 8 unspecified atom stereocenters. The molecule has 0 heterocycles. The molecule has 0 saturated heterocycles. The molecule has 3 fully saturated rings. The van der Waals surface area contributed by atoms with Crippen molar-refractivity contribution in [3.05, 3.63) is 11.6 Å². The van der Waals surface area contributed by atoms with Crippen molar-refractivity contribution in [2.75, 3.05) is 13.1 Å². The molecule has 312 valence electrons. The van der Waals surface area contributed by atoms with Crippen molar-refractivity contribution in [1.29, 1.82) is 0 Å². The van der Waals surface area contributed by atoms with E-state index in [4.69, 9.17) is 16.2 Å². The molecule has 4 rings (SSSR count). The van der Waals surface area contributed by atoms with Gasteiger partial charge in [0, 0.05) is 43.4 Å². The van der Waals surface area contributed by atoms with Gasteiger partial charge in [-0.15, -0.1) is 0 Å². The number of allylic oxidation sites excluding steroid dienone is 1. The van der Waals surface area contributed by atoms with Crippen molar-refractivity contribution in [3.63, 3.8) is 0 Å². The van der Waals surface area contributed by atoms with Gasteiger partial charge in [-0.05, 0) is 151 Å². The SMILES string of the molecule is CCC(CCCC1CCC2C3CC=C4CC(OC(=O)CCCC(=O)N(CCCCCCCC(C)(C)N)CCC(C)(C)N)CCC4(C)C3CCC12C)C(C)C. The topological polar surface area (TPSA) is 98.7 Å². The molecular weight excluding hydrogens is 667 g/mol. The molecule has 8 atom stereocenters. The van der Waals surface area contributed by atoms with E-state index >= 15 is 0 Å². The Morgan fingerprint density at radius 3 is 2.24 bits per heavy atom. The van der Waals surface area contributed by atoms with E-state index in [1.807, 2.05) is 18.7 Å². The van der Waals surface area contributed by atoms with Crippen molar-refractivity contribution in [3.8, 4) is 0 Å². The van der Waals surface area contributed by atoms with Crippen LogP contribution in [0.25, 0.3) is 0 Å². The van der Waals surface area contributed by atoms with Crippen molar-refractivity contribution in [2.45, 2.75) is 221 Å². The number of unbranched alkanes of at least 4 members (excludes halogenated alkanes) is 4. The average Bonchev–Trinajstić information content (AvgIpc) is 3.42. The Morgan fingerprint density at radius 1 is 0.852 bits per heavy atom. The number of hydrogen-bond donors (Lipinski definition) is 2. The van der Waals surface area contributed by atoms with Gasteiger partial charge in [0.2, 0.25) is 5.91 Å². The van der Waals surface area contributed by atoms with Crippen LogP contribution >= 0.6 is 0 Å². The Morgan fingerprint density at radius 2 is 1.56 bits per heavy atom. The fourth-order valence-electron chi connectivity index (χ4n) is 11.9. The predicted octanol–water partition coefficient (Wildman–Crippen LogP) is 11.5. The van der Waals surface area contributed by atoms with Gasteiger partial charge in [0.05, 0.1) is 0 Å². The van der Waals surface area contributed by atoms with E-state index in [0.29, 0.717) is 31.2 Å². The zero-order chi connectivity index (χ0) is 39.7. The number of carbonyl (C=O) groups is 2. The van der Waals surface area contributed by atoms with Crippen molar-refractivity contribution >= 4 is 11.9 Å². The molecule has 0 aromatic heterocycles. The van der Waals surface area contributed by atoms with Crippen LogP contribution in [0.1, 0.15) is 204 Å². The van der Waals surface area contributed by atoms with Crippen LogP contribution in [0.5, 0.6) is 0 Å². The Labute approximate surface area is 333 Å². The Kier molecular flexibility index (Phi) is 16.6. The van der Waals surface area contributed by atoms with Gasteiger partial charge in [-0.3, -0.25) is 9.59 Å². The van der Waals surface area contributed by atoms with E-state index in [1.165, 1.54) is 70.6 Å². The highest BCUT2D eigenvalue weighted by molar-refractivity contribution is 5.77. The van der Waals surface area contributed by atoms with Crippen LogP contribution in [0.2, 0.25) is 0 Å². The lowest BCUT2D eigenvalue weighted by Gasteiger charge is -2.58. The number of carbonyl (C=O) groups excluding carboxylic acids is 2. The zero-order valence-electron chi connectivity index (χ0n) is 36.9. The van der Waals surface area contributed by atoms with Crippen molar-refractivity contribution in [2.24, 2.45) is 57.8 Å². The van der Waals surface area contributed by atoms with E-state index < -0.39 is 0 Å². The molecular formula is C48H87N3O3. The zero-order valence-corrected chi connectivity index (χ0v) is 36.9. The smallest absolute Gasteiger partial charge is 0.306 e. The number of esters is 1. The van der Waals surface area contributed by atoms with Crippen LogP contribution < -0.4 is 11.5 Å². The third-order valence-electron chi connectivity index (χ3n) is 15.5. The maximum absolute atomic E-state index is 13.3. The minimum atomic E-state index is -0.315. The summed E-state index contributed by atoms with van der Waals surface area (Å²) in [4.78, 5) is 28.4. The maximum atomic E-state index is 13.3. The second kappa shape index (κ2) is 19.8. The van der Waals surface area contributed by atoms with Crippen LogP contribution in [0.15, 0.2) is 11.6 Å². The fourth-order valence-corrected chi connectivity index (χ4v) is 11.9. The summed E-state index contributed by atoms with van der Waals surface area (Å²) < 4.78 is 6.14. The second-order valence-corrected chi connectivity index (χ2v) is 21.3. The van der Waals surface area contributed by atoms with Crippen molar-refractivity contribution < 1.29 is 14.3 Å². The molecule has 3 saturated carbocycles. The standard InChI is InChI=1S/C48H87N3O3/c1-10-36(35(2)3)18-16-19-37-23-25-41-40-24-22-38-34-39(26-29-48(38,9)42(40)27-30-47(37,41)8)54-44(53)21-17-20-43(52)51(33-31-46(6,7)50)32-15-13-11-12-14-28-45(4,5)49/h22,35-37,39-42H,10-21,23-34,49-50H2,1-9H3. The Balaban J connectivity index is 1.21. The summed E-state index contributed by atoms with van der Waals surface area (Å²) in [6, 6.07) is 0. The molecule has 0 aromatic rings. The molecule has 54 heavy (non-hydrogen) atoms. The molecule has 0 radical (unpaired) electrons. The van der Waals surface area contributed by atoms with E-state index in [1.54, 1.807) is 5.57 Å². The summed E-state index contributed by atoms with van der Waals surface area (Å²) in [7, 11) is 0. The lowest BCUT2D eigenvalue weighted by Crippen LogP contribution is -2.50. The minimum absolute atomic E-state index is 0.0224. The predicted molar refractivity (Wildman–Crippen MR) is 227 cm³/mol. The summed E-state index contributed by atoms with van der Waals surface area (Å²) in [5.41, 5.74) is 14.4. The van der Waals surface area contributed by atoms with E-state index in [2.05, 4.69) is 54.5 Å². The molecule has 6 heteroatoms. The summed E-state index contributed by atoms with van der Waals surface area (Å²) in [6.07, 6.45) is 26.7. The lowest BCUT2D eigenvalue weighted by molar-refractivity contribution is -0.151. The van der Waals surface area contributed by atoms with Crippen LogP contribution in [0.4, 0.5) is 0 Å². The Bertz CT molecular complexity index is 1210. The second-order valence-electron chi connectivity index (χ2n) is 21.3. The van der Waals surface area contributed by atoms with Gasteiger partial charge in [-0.1, -0.05) is 91.2 Å². The minimum Gasteiger partial charge on any atom is -0.462 e. The van der Waals surface area contributed by atoms with Gasteiger partial charge in [-0.2, -0.15) is 0 Å². The molecule has 0 bridgehead atoms. The average molecular weight is 754 g/mol. The van der Waals surface area contributed by atoms with E-state index in [-0.39, 0.29) is 34.5 Å². The molecule has 4 aliphatic carbocycles. The molecule has 0 aromatic carbocycles. The van der Waals surface area contributed by atoms with Crippen molar-refractivity contribution in [1.82, 2.24) is 4.90 Å². The first-order valence-electron chi connectivity index (χ1n) is 23.1. The van der Waals surface area contributed by atoms with E-state index in [9.17, 15) is 9.59 Å². The highest BCUT2D eigenvalue weighted by atomic mass is 16.5. The van der Waals surface area contributed by atoms with Gasteiger partial charge >= 0.3 is 5.97 Å². The first kappa shape index (κ1) is 45.3. The Hall–Kier alpha value is -1.40. The molecule has 0 aliphatic heterocycles. The maximum Gasteiger partial charge on any atom is 0.306 e. The number of nitrogens with two attached hydrogens (primary N) is 2. The van der Waals surface area contributed by atoms with Gasteiger partial charge in [0.25, 0.3) is 0 Å². The van der Waals surface area contributed by atoms with Gasteiger partial charge in [0.1, 0.15) is 6.10 Å². The summed E-state index contributed by atoms with van der Waals surface area (Å²) in [5, 5.41) is 0. The summed E-state index contributed by atoms with van der Waals surface area (Å²) >= 11 is 0. The normalized spacial score (nSPS) is 30.3. The number of hydrogen-bond acceptors (Lipinski definition) is 5. The number of ether oxygens (including phenoxy) is 1. The van der Waals surface area contributed by atoms with E-state index in [0.717, 1.165) is 93.4 Å². The van der Waals surface area contributed by atoms with Gasteiger partial charge in [0.15, 0.2) is 0 Å². The largest absolute Gasteiger partial charge is 0.462 e. The van der Waals surface area contributed by atoms with Gasteiger partial charge < -0.3 is 21.1 Å². The number of rotatable bonds is 22. The lowest BCUT2D eigenvalue weighted by atomic mass is 9.47. The highest BCUT2D eigenvalue weighted by Crippen LogP contribution is 2.67. The summed E-state index contributed by atoms with van der Waals surface area (Å²) in [6.45, 7) is 22.1. The monoisotopic (exact) mass is 754 g/mol. The quantitative estimate of drug-likeness (QED) is 0.0651. The van der Waals surface area contributed by atoms with Crippen LogP contribution in [-0.4, -0.2) is 47.0 Å². The third kappa shape index (κ3) is 12.5. The summed E-state index contributed by atoms with van der Waals surface area (Å²) in [5.74, 6) is 5.08. The molecule has 6 nitrogen and oxygen atoms in total. The first-order chi connectivity index (χ1) is 25.4. The number of fused-ring (bicyclic) bond motifs is 5.